The lowest BCUT2D eigenvalue weighted by Gasteiger charge is -2.23. The van der Waals surface area contributed by atoms with Crippen LogP contribution < -0.4 is 10.1 Å². The molecule has 2 N–H and O–H groups in total. The fraction of sp³-hybridized carbons (Fsp3) is 0.571. The summed E-state index contributed by atoms with van der Waals surface area (Å²) in [5.74, 6) is 0.853. The molecule has 0 amide bonds. The first-order chi connectivity index (χ1) is 8.90. The zero-order valence-electron chi connectivity index (χ0n) is 10.6. The minimum absolute atomic E-state index is 0.0434. The van der Waals surface area contributed by atoms with Gasteiger partial charge in [0.2, 0.25) is 0 Å². The summed E-state index contributed by atoms with van der Waals surface area (Å²) in [6.45, 7) is 2.88. The van der Waals surface area contributed by atoms with Gasteiger partial charge in [-0.15, -0.1) is 0 Å². The summed E-state index contributed by atoms with van der Waals surface area (Å²) in [6, 6.07) is 8.48. The van der Waals surface area contributed by atoms with E-state index in [1.807, 2.05) is 18.2 Å². The van der Waals surface area contributed by atoms with Gasteiger partial charge in [-0.3, -0.25) is 0 Å². The zero-order valence-corrected chi connectivity index (χ0v) is 10.6. The van der Waals surface area contributed by atoms with Gasteiger partial charge in [-0.05, 0) is 18.9 Å². The molecule has 0 unspecified atom stereocenters. The van der Waals surface area contributed by atoms with Crippen LogP contribution >= 0.6 is 0 Å². The second-order valence-corrected chi connectivity index (χ2v) is 4.45. The van der Waals surface area contributed by atoms with Crippen molar-refractivity contribution in [2.45, 2.75) is 25.4 Å². The van der Waals surface area contributed by atoms with Crippen molar-refractivity contribution >= 4 is 0 Å². The first-order valence-corrected chi connectivity index (χ1v) is 6.53. The number of aliphatic hydroxyl groups excluding tert-OH is 1. The van der Waals surface area contributed by atoms with Crippen molar-refractivity contribution in [2.24, 2.45) is 0 Å². The van der Waals surface area contributed by atoms with Gasteiger partial charge < -0.3 is 19.9 Å². The quantitative estimate of drug-likeness (QED) is 0.801. The highest BCUT2D eigenvalue weighted by atomic mass is 16.5. The molecule has 1 aromatic rings. The third-order valence-corrected chi connectivity index (χ3v) is 3.12. The van der Waals surface area contributed by atoms with E-state index in [4.69, 9.17) is 14.6 Å². The average molecular weight is 251 g/mol. The highest BCUT2D eigenvalue weighted by Crippen LogP contribution is 2.18. The Morgan fingerprint density at radius 2 is 2.06 bits per heavy atom. The molecule has 1 aliphatic rings. The van der Waals surface area contributed by atoms with E-state index in [-0.39, 0.29) is 6.61 Å². The molecule has 4 heteroatoms. The molecule has 1 aliphatic heterocycles. The highest BCUT2D eigenvalue weighted by molar-refractivity contribution is 5.33. The first-order valence-electron chi connectivity index (χ1n) is 6.53. The van der Waals surface area contributed by atoms with E-state index >= 15 is 0 Å². The molecule has 4 nitrogen and oxygen atoms in total. The number of hydrogen-bond acceptors (Lipinski definition) is 4. The van der Waals surface area contributed by atoms with Crippen LogP contribution in [0.1, 0.15) is 18.4 Å². The van der Waals surface area contributed by atoms with Gasteiger partial charge >= 0.3 is 0 Å². The van der Waals surface area contributed by atoms with Gasteiger partial charge in [-0.2, -0.15) is 0 Å². The van der Waals surface area contributed by atoms with Gasteiger partial charge in [-0.1, -0.05) is 18.2 Å². The standard InChI is InChI=1S/C14H21NO3/c16-7-10-18-14-4-2-1-3-12(14)11-15-13-5-8-17-9-6-13/h1-4,13,15-16H,5-11H2. The van der Waals surface area contributed by atoms with E-state index in [1.54, 1.807) is 0 Å². The van der Waals surface area contributed by atoms with Crippen LogP contribution in [0.15, 0.2) is 24.3 Å². The second kappa shape index (κ2) is 7.36. The van der Waals surface area contributed by atoms with Gasteiger partial charge in [0.15, 0.2) is 0 Å². The normalized spacial score (nSPS) is 16.7. The number of para-hydroxylation sites is 1. The lowest BCUT2D eigenvalue weighted by Crippen LogP contribution is -2.34. The van der Waals surface area contributed by atoms with Crippen LogP contribution in [0.3, 0.4) is 0 Å². The molecule has 18 heavy (non-hydrogen) atoms. The Kier molecular flexibility index (Phi) is 5.45. The maximum atomic E-state index is 8.80. The molecule has 0 aliphatic carbocycles. The Hall–Kier alpha value is -1.10. The molecule has 0 atom stereocenters. The third kappa shape index (κ3) is 3.98. The predicted molar refractivity (Wildman–Crippen MR) is 69.7 cm³/mol. The van der Waals surface area contributed by atoms with E-state index in [0.29, 0.717) is 12.6 Å². The van der Waals surface area contributed by atoms with Gasteiger partial charge in [0, 0.05) is 31.4 Å². The minimum Gasteiger partial charge on any atom is -0.491 e. The maximum Gasteiger partial charge on any atom is 0.123 e. The van der Waals surface area contributed by atoms with Crippen molar-refractivity contribution in [2.75, 3.05) is 26.4 Å². The summed E-state index contributed by atoms with van der Waals surface area (Å²) in [4.78, 5) is 0. The molecule has 2 rings (SSSR count). The Morgan fingerprint density at radius 3 is 2.83 bits per heavy atom. The van der Waals surface area contributed by atoms with E-state index < -0.39 is 0 Å². The molecule has 1 aromatic carbocycles. The molecule has 0 bridgehead atoms. The Balaban J connectivity index is 1.87. The summed E-state index contributed by atoms with van der Waals surface area (Å²) < 4.78 is 10.8. The number of rotatable bonds is 6. The van der Waals surface area contributed by atoms with E-state index in [9.17, 15) is 0 Å². The van der Waals surface area contributed by atoms with Crippen LogP contribution in [-0.2, 0) is 11.3 Å². The van der Waals surface area contributed by atoms with Crippen molar-refractivity contribution in [3.8, 4) is 5.75 Å². The van der Waals surface area contributed by atoms with Crippen molar-refractivity contribution < 1.29 is 14.6 Å². The Bertz CT molecular complexity index is 351. The lowest BCUT2D eigenvalue weighted by atomic mass is 10.1. The van der Waals surface area contributed by atoms with Crippen LogP contribution in [0.5, 0.6) is 5.75 Å². The second-order valence-electron chi connectivity index (χ2n) is 4.45. The molecular weight excluding hydrogens is 230 g/mol. The first kappa shape index (κ1) is 13.3. The molecule has 1 fully saturated rings. The van der Waals surface area contributed by atoms with Gasteiger partial charge in [0.25, 0.3) is 0 Å². The highest BCUT2D eigenvalue weighted by Gasteiger charge is 2.13. The topological polar surface area (TPSA) is 50.7 Å². The average Bonchev–Trinajstić information content (AvgIpc) is 2.45. The molecule has 0 radical (unpaired) electrons. The summed E-state index contributed by atoms with van der Waals surface area (Å²) in [5, 5.41) is 12.3. The summed E-state index contributed by atoms with van der Waals surface area (Å²) in [6.07, 6.45) is 2.14. The lowest BCUT2D eigenvalue weighted by molar-refractivity contribution is 0.0775. The van der Waals surface area contributed by atoms with Gasteiger partial charge in [0.1, 0.15) is 12.4 Å². The molecule has 100 valence electrons. The number of aliphatic hydroxyl groups is 1. The predicted octanol–water partition coefficient (Wildman–Crippen LogP) is 1.33. The zero-order chi connectivity index (χ0) is 12.6. The smallest absolute Gasteiger partial charge is 0.123 e. The fourth-order valence-corrected chi connectivity index (χ4v) is 2.10. The van der Waals surface area contributed by atoms with Crippen LogP contribution in [-0.4, -0.2) is 37.6 Å². The van der Waals surface area contributed by atoms with Crippen LogP contribution in [0.4, 0.5) is 0 Å². The van der Waals surface area contributed by atoms with Gasteiger partial charge in [-0.25, -0.2) is 0 Å². The summed E-state index contributed by atoms with van der Waals surface area (Å²) in [5.41, 5.74) is 1.14. The van der Waals surface area contributed by atoms with Crippen molar-refractivity contribution in [1.82, 2.24) is 5.32 Å². The molecule has 0 spiro atoms. The molecule has 0 saturated carbocycles. The molecule has 1 heterocycles. The Morgan fingerprint density at radius 1 is 1.28 bits per heavy atom. The fourth-order valence-electron chi connectivity index (χ4n) is 2.10. The molecular formula is C14H21NO3. The Labute approximate surface area is 108 Å². The van der Waals surface area contributed by atoms with Crippen molar-refractivity contribution in [3.63, 3.8) is 0 Å². The van der Waals surface area contributed by atoms with E-state index in [0.717, 1.165) is 43.9 Å². The molecule has 0 aromatic heterocycles. The minimum atomic E-state index is 0.0434. The van der Waals surface area contributed by atoms with Crippen LogP contribution in [0.25, 0.3) is 0 Å². The number of ether oxygens (including phenoxy) is 2. The third-order valence-electron chi connectivity index (χ3n) is 3.12. The number of hydrogen-bond donors (Lipinski definition) is 2. The largest absolute Gasteiger partial charge is 0.491 e. The monoisotopic (exact) mass is 251 g/mol. The van der Waals surface area contributed by atoms with E-state index in [1.165, 1.54) is 0 Å². The maximum absolute atomic E-state index is 8.80. The van der Waals surface area contributed by atoms with Crippen molar-refractivity contribution in [3.05, 3.63) is 29.8 Å². The number of nitrogens with one attached hydrogen (secondary N) is 1. The van der Waals surface area contributed by atoms with Crippen molar-refractivity contribution in [1.29, 1.82) is 0 Å². The SMILES string of the molecule is OCCOc1ccccc1CNC1CCOCC1. The summed E-state index contributed by atoms with van der Waals surface area (Å²) >= 11 is 0. The summed E-state index contributed by atoms with van der Waals surface area (Å²) in [7, 11) is 0. The number of benzene rings is 1. The van der Waals surface area contributed by atoms with Crippen LogP contribution in [0, 0.1) is 0 Å². The van der Waals surface area contributed by atoms with E-state index in [2.05, 4.69) is 11.4 Å². The van der Waals surface area contributed by atoms with Gasteiger partial charge in [0.05, 0.1) is 6.61 Å². The van der Waals surface area contributed by atoms with Crippen LogP contribution in [0.2, 0.25) is 0 Å². The molecule has 1 saturated heterocycles.